The molecule has 0 radical (unpaired) electrons. The van der Waals surface area contributed by atoms with Crippen LogP contribution < -0.4 is 28.4 Å². The van der Waals surface area contributed by atoms with E-state index in [2.05, 4.69) is 20.9 Å². The fraction of sp³-hybridized carbons (Fsp3) is 0.355. The average Bonchev–Trinajstić information content (AvgIpc) is 3.63. The monoisotopic (exact) mass is 592 g/mol. The molecule has 7 rings (SSSR count). The number of pyridine rings is 1. The van der Waals surface area contributed by atoms with Gasteiger partial charge in [0.15, 0.2) is 0 Å². The molecule has 3 aromatic rings. The number of anilines is 2. The van der Waals surface area contributed by atoms with Gasteiger partial charge in [0.1, 0.15) is 24.0 Å². The number of halogens is 3. The Kier molecular flexibility index (Phi) is 7.01. The molecular weight excluding hydrogens is 564 g/mol. The number of fused-ring (bicyclic) bond motifs is 3. The van der Waals surface area contributed by atoms with E-state index in [1.54, 1.807) is 12.3 Å². The van der Waals surface area contributed by atoms with Crippen molar-refractivity contribution in [3.8, 4) is 0 Å². The molecule has 1 saturated carbocycles. The summed E-state index contributed by atoms with van der Waals surface area (Å²) in [4.78, 5) is 45.9. The first-order valence-corrected chi connectivity index (χ1v) is 14.0. The second-order valence-electron chi connectivity index (χ2n) is 11.6. The van der Waals surface area contributed by atoms with Crippen molar-refractivity contribution in [1.29, 1.82) is 0 Å². The summed E-state index contributed by atoms with van der Waals surface area (Å²) < 4.78 is 28.2. The molecule has 3 amide bonds. The van der Waals surface area contributed by atoms with Crippen LogP contribution in [0.1, 0.15) is 54.0 Å². The van der Waals surface area contributed by atoms with Crippen molar-refractivity contribution in [2.75, 3.05) is 23.7 Å². The van der Waals surface area contributed by atoms with Gasteiger partial charge in [-0.3, -0.25) is 14.4 Å². The first-order valence-electron chi connectivity index (χ1n) is 14.0. The number of hydrogen-bond donors (Lipinski definition) is 3. The topological polar surface area (TPSA) is 103 Å². The summed E-state index contributed by atoms with van der Waals surface area (Å²) in [7, 11) is 0. The van der Waals surface area contributed by atoms with Crippen LogP contribution in [0.3, 0.4) is 0 Å². The lowest BCUT2D eigenvalue weighted by molar-refractivity contribution is -0.147. The molecule has 2 aliphatic carbocycles. The highest BCUT2D eigenvalue weighted by molar-refractivity contribution is 6.06. The van der Waals surface area contributed by atoms with Crippen LogP contribution in [0.4, 0.5) is 20.3 Å². The Balaban J connectivity index is 0.00000316. The quantitative estimate of drug-likeness (QED) is 0.416. The summed E-state index contributed by atoms with van der Waals surface area (Å²) in [6.07, 6.45) is 5.80. The van der Waals surface area contributed by atoms with Gasteiger partial charge in [-0.25, -0.2) is 13.8 Å². The van der Waals surface area contributed by atoms with Crippen LogP contribution >= 0.6 is 0 Å². The number of nitrogens with one attached hydrogen (secondary N) is 3. The molecule has 2 spiro atoms. The van der Waals surface area contributed by atoms with Gasteiger partial charge in [0.2, 0.25) is 17.7 Å². The molecule has 42 heavy (non-hydrogen) atoms. The van der Waals surface area contributed by atoms with Crippen molar-refractivity contribution in [2.24, 2.45) is 0 Å². The van der Waals surface area contributed by atoms with E-state index >= 15 is 0 Å². The molecule has 1 unspecified atom stereocenters. The molecule has 218 valence electrons. The van der Waals surface area contributed by atoms with Gasteiger partial charge in [-0.15, -0.1) is 0 Å². The SMILES string of the molecule is O=C(CN1C(=O)C2(CCCC2)NCC1c1cc(F)cc(F)c1)Nc1ccc2c(c1)C[C@@]1(C2)C(=O)Nc2ncccc21.[Cl-]. The molecule has 11 heteroatoms. The number of carbonyl (C=O) groups is 3. The van der Waals surface area contributed by atoms with Crippen LogP contribution in [0.2, 0.25) is 0 Å². The number of amides is 3. The first-order chi connectivity index (χ1) is 19.8. The highest BCUT2D eigenvalue weighted by Crippen LogP contribution is 2.47. The fourth-order valence-corrected chi connectivity index (χ4v) is 7.21. The van der Waals surface area contributed by atoms with Gasteiger partial charge >= 0.3 is 0 Å². The van der Waals surface area contributed by atoms with Gasteiger partial charge in [0.05, 0.1) is 17.0 Å². The molecule has 2 aliphatic heterocycles. The van der Waals surface area contributed by atoms with E-state index in [0.717, 1.165) is 35.6 Å². The van der Waals surface area contributed by atoms with E-state index in [1.807, 2.05) is 24.3 Å². The number of piperazine rings is 1. The van der Waals surface area contributed by atoms with Crippen LogP contribution in [0.25, 0.3) is 0 Å². The number of nitrogens with zero attached hydrogens (tertiary/aromatic N) is 2. The Morgan fingerprint density at radius 3 is 2.52 bits per heavy atom. The maximum absolute atomic E-state index is 14.1. The average molecular weight is 593 g/mol. The number of carbonyl (C=O) groups excluding carboxylic acids is 3. The van der Waals surface area contributed by atoms with E-state index < -0.39 is 34.5 Å². The summed E-state index contributed by atoms with van der Waals surface area (Å²) in [5, 5.41) is 9.15. The highest BCUT2D eigenvalue weighted by atomic mass is 35.5. The highest BCUT2D eigenvalue weighted by Gasteiger charge is 2.51. The van der Waals surface area contributed by atoms with Crippen LogP contribution in [0, 0.1) is 11.6 Å². The summed E-state index contributed by atoms with van der Waals surface area (Å²) in [6.45, 7) is 0.0365. The van der Waals surface area contributed by atoms with Crippen molar-refractivity contribution in [3.63, 3.8) is 0 Å². The number of rotatable bonds is 4. The van der Waals surface area contributed by atoms with E-state index in [4.69, 9.17) is 0 Å². The zero-order valence-corrected chi connectivity index (χ0v) is 23.4. The van der Waals surface area contributed by atoms with Gasteiger partial charge in [0.25, 0.3) is 0 Å². The molecule has 4 aliphatic rings. The molecule has 2 atom stereocenters. The minimum Gasteiger partial charge on any atom is -1.00 e. The van der Waals surface area contributed by atoms with E-state index in [9.17, 15) is 23.2 Å². The van der Waals surface area contributed by atoms with Crippen LogP contribution in [-0.4, -0.2) is 46.2 Å². The molecule has 1 aromatic heterocycles. The lowest BCUT2D eigenvalue weighted by Crippen LogP contribution is -3.00. The molecule has 8 nitrogen and oxygen atoms in total. The van der Waals surface area contributed by atoms with E-state index in [1.165, 1.54) is 17.0 Å². The predicted octanol–water partition coefficient (Wildman–Crippen LogP) is 0.777. The summed E-state index contributed by atoms with van der Waals surface area (Å²) in [5.41, 5.74) is 2.26. The van der Waals surface area contributed by atoms with E-state index in [-0.39, 0.29) is 30.8 Å². The van der Waals surface area contributed by atoms with Crippen LogP contribution in [0.15, 0.2) is 54.7 Å². The molecule has 3 N–H and O–H groups in total. The standard InChI is InChI=1S/C31H29F2N5O3.ClH/c32-21-10-19(11-22(33)13-21)25-16-35-31(7-1-2-8-31)29(41)38(25)17-26(39)36-23-6-5-18-14-30(15-20(18)12-23)24-4-3-9-34-27(24)37-28(30)40;/h3-6,9-13,25,35H,1-2,7-8,14-17H2,(H,36,39)(H,34,37,40);1H/p-1/t25?,30-;/m1./s1. The summed E-state index contributed by atoms with van der Waals surface area (Å²) in [5.74, 6) is -1.58. The van der Waals surface area contributed by atoms with Gasteiger partial charge in [-0.2, -0.15) is 0 Å². The van der Waals surface area contributed by atoms with Gasteiger partial charge in [-0.1, -0.05) is 25.0 Å². The van der Waals surface area contributed by atoms with E-state index in [0.29, 0.717) is 49.3 Å². The third-order valence-electron chi connectivity index (χ3n) is 9.19. The zero-order chi connectivity index (χ0) is 28.4. The molecule has 3 heterocycles. The normalized spacial score (nSPS) is 23.5. The molecule has 1 saturated heterocycles. The maximum Gasteiger partial charge on any atom is 0.244 e. The minimum absolute atomic E-state index is 0. The number of aromatic nitrogens is 1. The molecule has 2 aromatic carbocycles. The van der Waals surface area contributed by atoms with Crippen molar-refractivity contribution in [3.05, 3.63) is 88.6 Å². The third-order valence-corrected chi connectivity index (χ3v) is 9.19. The van der Waals surface area contributed by atoms with Crippen LogP contribution in [0.5, 0.6) is 0 Å². The van der Waals surface area contributed by atoms with Crippen molar-refractivity contribution in [2.45, 2.75) is 55.5 Å². The maximum atomic E-state index is 14.1. The third kappa shape index (κ3) is 4.53. The minimum atomic E-state index is -0.752. The number of benzene rings is 2. The lowest BCUT2D eigenvalue weighted by Gasteiger charge is -2.45. The molecular formula is C31H29ClF2N5O3-. The second-order valence-corrected chi connectivity index (χ2v) is 11.6. The lowest BCUT2D eigenvalue weighted by atomic mass is 9.79. The van der Waals surface area contributed by atoms with Crippen molar-refractivity contribution in [1.82, 2.24) is 15.2 Å². The Labute approximate surface area is 247 Å². The predicted molar refractivity (Wildman–Crippen MR) is 147 cm³/mol. The zero-order valence-electron chi connectivity index (χ0n) is 22.7. The largest absolute Gasteiger partial charge is 1.00 e. The smallest absolute Gasteiger partial charge is 0.244 e. The van der Waals surface area contributed by atoms with Gasteiger partial charge < -0.3 is 33.3 Å². The fourth-order valence-electron chi connectivity index (χ4n) is 7.21. The summed E-state index contributed by atoms with van der Waals surface area (Å²) >= 11 is 0. The number of hydrogen-bond acceptors (Lipinski definition) is 5. The Morgan fingerprint density at radius 2 is 1.76 bits per heavy atom. The second kappa shape index (κ2) is 10.4. The van der Waals surface area contributed by atoms with Crippen molar-refractivity contribution >= 4 is 29.2 Å². The Hall–Kier alpha value is -3.89. The summed E-state index contributed by atoms with van der Waals surface area (Å²) in [6, 6.07) is 11.9. The molecule has 0 bridgehead atoms. The Morgan fingerprint density at radius 1 is 1.02 bits per heavy atom. The van der Waals surface area contributed by atoms with Gasteiger partial charge in [0, 0.05) is 30.1 Å². The first kappa shape index (κ1) is 28.2. The molecule has 2 fully saturated rings. The Bertz CT molecular complexity index is 1590. The van der Waals surface area contributed by atoms with Crippen molar-refractivity contribution < 1.29 is 35.6 Å². The van der Waals surface area contributed by atoms with Gasteiger partial charge in [-0.05, 0) is 72.7 Å². The van der Waals surface area contributed by atoms with Crippen LogP contribution in [-0.2, 0) is 32.6 Å².